The number of rotatable bonds is 5. The van der Waals surface area contributed by atoms with Crippen LogP contribution in [0.5, 0.6) is 0 Å². The van der Waals surface area contributed by atoms with Crippen LogP contribution in [-0.2, 0) is 17.9 Å². The molecule has 3 N–H and O–H groups in total. The molecule has 0 atom stereocenters. The Bertz CT molecular complexity index is 511. The van der Waals surface area contributed by atoms with Gasteiger partial charge < -0.3 is 5.73 Å². The van der Waals surface area contributed by atoms with Crippen LogP contribution >= 0.6 is 0 Å². The first kappa shape index (κ1) is 12.5. The molecule has 0 aliphatic rings. The Balaban J connectivity index is 1.95. The van der Waals surface area contributed by atoms with Crippen LogP contribution in [0.25, 0.3) is 0 Å². The molecule has 0 aliphatic heterocycles. The molecule has 3 heteroatoms. The van der Waals surface area contributed by atoms with Crippen LogP contribution in [0.2, 0.25) is 0 Å². The summed E-state index contributed by atoms with van der Waals surface area (Å²) in [4.78, 5) is 5.50. The second-order valence-electron chi connectivity index (χ2n) is 4.10. The summed E-state index contributed by atoms with van der Waals surface area (Å²) >= 11 is 0. The van der Waals surface area contributed by atoms with E-state index in [9.17, 15) is 0 Å². The lowest BCUT2D eigenvalue weighted by Crippen LogP contribution is -2.05. The Kier molecular flexibility index (Phi) is 4.20. The van der Waals surface area contributed by atoms with E-state index in [-0.39, 0.29) is 0 Å². The summed E-state index contributed by atoms with van der Waals surface area (Å²) in [5, 5.41) is 0. The molecule has 2 aromatic carbocycles. The van der Waals surface area contributed by atoms with E-state index in [1.165, 1.54) is 5.56 Å². The van der Waals surface area contributed by atoms with Gasteiger partial charge in [-0.05, 0) is 24.1 Å². The molecule has 0 radical (unpaired) electrons. The Labute approximate surface area is 108 Å². The quantitative estimate of drug-likeness (QED) is 0.624. The number of aryl methyl sites for hydroxylation is 1. The molecule has 0 unspecified atom stereocenters. The predicted octanol–water partition coefficient (Wildman–Crippen LogP) is 3.37. The molecular weight excluding hydrogens is 224 g/mol. The molecule has 0 saturated carbocycles. The van der Waals surface area contributed by atoms with E-state index in [2.05, 4.69) is 18.5 Å². The van der Waals surface area contributed by atoms with Crippen LogP contribution in [0.3, 0.4) is 0 Å². The van der Waals surface area contributed by atoms with Gasteiger partial charge in [0.2, 0.25) is 0 Å². The fourth-order valence-corrected chi connectivity index (χ4v) is 1.79. The minimum atomic E-state index is 0.449. The number of anilines is 2. The number of nitrogens with two attached hydrogens (primary N) is 1. The van der Waals surface area contributed by atoms with Gasteiger partial charge >= 0.3 is 0 Å². The first-order chi connectivity index (χ1) is 8.81. The van der Waals surface area contributed by atoms with Crippen LogP contribution in [0.4, 0.5) is 11.4 Å². The van der Waals surface area contributed by atoms with Crippen molar-refractivity contribution in [2.24, 2.45) is 0 Å². The van der Waals surface area contributed by atoms with Crippen molar-refractivity contribution in [3.63, 3.8) is 0 Å². The van der Waals surface area contributed by atoms with Crippen molar-refractivity contribution in [2.75, 3.05) is 11.2 Å². The van der Waals surface area contributed by atoms with Gasteiger partial charge in [-0.15, -0.1) is 0 Å². The zero-order valence-corrected chi connectivity index (χ0v) is 10.5. The third kappa shape index (κ3) is 3.02. The van der Waals surface area contributed by atoms with Crippen LogP contribution < -0.4 is 11.2 Å². The van der Waals surface area contributed by atoms with Crippen molar-refractivity contribution in [2.45, 2.75) is 20.0 Å². The number of nitrogen functional groups attached to an aromatic ring is 1. The summed E-state index contributed by atoms with van der Waals surface area (Å²) < 4.78 is 0. The molecule has 0 fully saturated rings. The zero-order chi connectivity index (χ0) is 12.8. The van der Waals surface area contributed by atoms with Crippen molar-refractivity contribution in [3.8, 4) is 0 Å². The maximum absolute atomic E-state index is 5.85. The maximum Gasteiger partial charge on any atom is 0.102 e. The lowest BCUT2D eigenvalue weighted by molar-refractivity contribution is 0.180. The molecule has 2 rings (SSSR count). The average molecular weight is 242 g/mol. The third-order valence-corrected chi connectivity index (χ3v) is 2.86. The van der Waals surface area contributed by atoms with Crippen LogP contribution in [0, 0.1) is 0 Å². The topological polar surface area (TPSA) is 47.3 Å². The van der Waals surface area contributed by atoms with Gasteiger partial charge in [0.15, 0.2) is 0 Å². The monoisotopic (exact) mass is 242 g/mol. The molecule has 3 nitrogen and oxygen atoms in total. The highest BCUT2D eigenvalue weighted by Gasteiger charge is 2.01. The van der Waals surface area contributed by atoms with Gasteiger partial charge in [0, 0.05) is 11.3 Å². The molecule has 0 heterocycles. The fraction of sp³-hybridized carbons (Fsp3) is 0.200. The Morgan fingerprint density at radius 2 is 1.67 bits per heavy atom. The minimum Gasteiger partial charge on any atom is -0.398 e. The van der Waals surface area contributed by atoms with E-state index in [0.717, 1.165) is 23.4 Å². The van der Waals surface area contributed by atoms with Gasteiger partial charge in [-0.1, -0.05) is 43.3 Å². The second-order valence-corrected chi connectivity index (χ2v) is 4.10. The number of nitrogens with one attached hydrogen (secondary N) is 1. The van der Waals surface area contributed by atoms with E-state index in [1.54, 1.807) is 0 Å². The van der Waals surface area contributed by atoms with Gasteiger partial charge in [-0.3, -0.25) is 10.3 Å². The molecule has 2 aromatic rings. The lowest BCUT2D eigenvalue weighted by atomic mass is 10.1. The molecule has 0 aromatic heterocycles. The Hall–Kier alpha value is -2.00. The molecule has 0 aliphatic carbocycles. The normalized spacial score (nSPS) is 10.3. The first-order valence-electron chi connectivity index (χ1n) is 6.10. The number of benzene rings is 2. The van der Waals surface area contributed by atoms with Gasteiger partial charge in [0.1, 0.15) is 6.61 Å². The SMILES string of the molecule is CCc1ccccc1NOCc1ccccc1N. The zero-order valence-electron chi connectivity index (χ0n) is 10.5. The van der Waals surface area contributed by atoms with Crippen LogP contribution in [0.1, 0.15) is 18.1 Å². The number of para-hydroxylation sites is 2. The molecule has 0 spiro atoms. The molecule has 0 bridgehead atoms. The number of hydrogen-bond donors (Lipinski definition) is 2. The van der Waals surface area contributed by atoms with Crippen LogP contribution in [-0.4, -0.2) is 0 Å². The standard InChI is InChI=1S/C15H18N2O/c1-2-12-7-4-6-10-15(12)17-18-11-13-8-3-5-9-14(13)16/h3-10,17H,2,11,16H2,1H3. The van der Waals surface area contributed by atoms with Gasteiger partial charge in [0.05, 0.1) is 5.69 Å². The maximum atomic E-state index is 5.85. The highest BCUT2D eigenvalue weighted by Crippen LogP contribution is 2.17. The van der Waals surface area contributed by atoms with E-state index in [1.807, 2.05) is 42.5 Å². The van der Waals surface area contributed by atoms with Crippen LogP contribution in [0.15, 0.2) is 48.5 Å². The van der Waals surface area contributed by atoms with Gasteiger partial charge in [-0.25, -0.2) is 0 Å². The Morgan fingerprint density at radius 3 is 2.39 bits per heavy atom. The summed E-state index contributed by atoms with van der Waals surface area (Å²) in [6.45, 7) is 2.57. The first-order valence-corrected chi connectivity index (χ1v) is 6.10. The smallest absolute Gasteiger partial charge is 0.102 e. The third-order valence-electron chi connectivity index (χ3n) is 2.86. The summed E-state index contributed by atoms with van der Waals surface area (Å²) in [6, 6.07) is 15.8. The van der Waals surface area contributed by atoms with E-state index >= 15 is 0 Å². The minimum absolute atomic E-state index is 0.449. The molecule has 18 heavy (non-hydrogen) atoms. The van der Waals surface area contributed by atoms with Crippen molar-refractivity contribution >= 4 is 11.4 Å². The van der Waals surface area contributed by atoms with Gasteiger partial charge in [0.25, 0.3) is 0 Å². The molecule has 0 saturated heterocycles. The summed E-state index contributed by atoms with van der Waals surface area (Å²) in [7, 11) is 0. The average Bonchev–Trinajstić information content (AvgIpc) is 2.41. The molecule has 94 valence electrons. The Morgan fingerprint density at radius 1 is 1.00 bits per heavy atom. The van der Waals surface area contributed by atoms with Crippen molar-refractivity contribution < 1.29 is 4.84 Å². The summed E-state index contributed by atoms with van der Waals surface area (Å²) in [5.41, 5.74) is 12.8. The van der Waals surface area contributed by atoms with E-state index in [0.29, 0.717) is 6.61 Å². The molecular formula is C15H18N2O. The van der Waals surface area contributed by atoms with Gasteiger partial charge in [-0.2, -0.15) is 0 Å². The summed E-state index contributed by atoms with van der Waals surface area (Å²) in [6.07, 6.45) is 0.972. The van der Waals surface area contributed by atoms with Crippen molar-refractivity contribution in [1.82, 2.24) is 0 Å². The highest BCUT2D eigenvalue weighted by atomic mass is 16.6. The van der Waals surface area contributed by atoms with Crippen molar-refractivity contribution in [3.05, 3.63) is 59.7 Å². The van der Waals surface area contributed by atoms with E-state index < -0.39 is 0 Å². The molecule has 0 amide bonds. The fourth-order valence-electron chi connectivity index (χ4n) is 1.79. The summed E-state index contributed by atoms with van der Waals surface area (Å²) in [5.74, 6) is 0. The predicted molar refractivity (Wildman–Crippen MR) is 75.1 cm³/mol. The largest absolute Gasteiger partial charge is 0.398 e. The van der Waals surface area contributed by atoms with Crippen molar-refractivity contribution in [1.29, 1.82) is 0 Å². The number of hydrogen-bond acceptors (Lipinski definition) is 3. The lowest BCUT2D eigenvalue weighted by Gasteiger charge is -2.11. The second kappa shape index (κ2) is 6.07. The van der Waals surface area contributed by atoms with E-state index in [4.69, 9.17) is 10.6 Å². The highest BCUT2D eigenvalue weighted by molar-refractivity contribution is 5.49.